The van der Waals surface area contributed by atoms with Gasteiger partial charge in [-0.05, 0) is 31.6 Å². The second-order valence-corrected chi connectivity index (χ2v) is 5.62. The number of nitrogens with one attached hydrogen (secondary N) is 1. The molecular weight excluding hydrogens is 345 g/mol. The highest BCUT2D eigenvalue weighted by Gasteiger charge is 2.17. The standard InChI is InChI=1S/C13H16FN3O.C4H4O4/c1-18-11-4-3-9(14)13-12(11)10(15-16-13)5-8-17-6-2-7-17;5-3(6)1-2-4(7)8/h3-4H,2,5-8H2,1H3,(H,15,16);1-2H,(H,5,6)(H,7,8)/b;2-1+. The van der Waals surface area contributed by atoms with Crippen LogP contribution in [0, 0.1) is 5.82 Å². The van der Waals surface area contributed by atoms with Crippen molar-refractivity contribution in [3.8, 4) is 5.75 Å². The van der Waals surface area contributed by atoms with Crippen LogP contribution in [0.4, 0.5) is 4.39 Å². The highest BCUT2D eigenvalue weighted by molar-refractivity contribution is 5.89. The van der Waals surface area contributed by atoms with Crippen molar-refractivity contribution < 1.29 is 28.9 Å². The number of hydrogen-bond donors (Lipinski definition) is 3. The SMILES string of the molecule is COc1ccc(F)c2[nH]nc(CCN3CCC3)c12.O=C(O)/C=C/C(=O)O. The van der Waals surface area contributed by atoms with Crippen molar-refractivity contribution in [1.29, 1.82) is 0 Å². The Morgan fingerprint density at radius 1 is 1.31 bits per heavy atom. The van der Waals surface area contributed by atoms with E-state index in [1.807, 2.05) is 0 Å². The summed E-state index contributed by atoms with van der Waals surface area (Å²) in [6, 6.07) is 3.05. The molecule has 1 aliphatic heterocycles. The molecular formula is C17H20FN3O5. The van der Waals surface area contributed by atoms with Gasteiger partial charge >= 0.3 is 11.9 Å². The minimum Gasteiger partial charge on any atom is -0.496 e. The molecule has 0 spiro atoms. The molecule has 26 heavy (non-hydrogen) atoms. The van der Waals surface area contributed by atoms with Crippen LogP contribution in [0.15, 0.2) is 24.3 Å². The van der Waals surface area contributed by atoms with Crippen LogP contribution in [0.25, 0.3) is 10.9 Å². The molecule has 2 aromatic rings. The molecule has 0 saturated carbocycles. The summed E-state index contributed by atoms with van der Waals surface area (Å²) in [5, 5.41) is 23.4. The van der Waals surface area contributed by atoms with Gasteiger partial charge < -0.3 is 19.8 Å². The predicted molar refractivity (Wildman–Crippen MR) is 91.8 cm³/mol. The van der Waals surface area contributed by atoms with Gasteiger partial charge in [-0.3, -0.25) is 5.10 Å². The van der Waals surface area contributed by atoms with Gasteiger partial charge in [0.05, 0.1) is 18.2 Å². The number of fused-ring (bicyclic) bond motifs is 1. The number of ether oxygens (including phenoxy) is 1. The Morgan fingerprint density at radius 3 is 2.46 bits per heavy atom. The number of halogens is 1. The zero-order valence-electron chi connectivity index (χ0n) is 14.2. The van der Waals surface area contributed by atoms with Gasteiger partial charge in [-0.15, -0.1) is 0 Å². The maximum Gasteiger partial charge on any atom is 0.328 e. The second kappa shape index (κ2) is 8.95. The van der Waals surface area contributed by atoms with Gasteiger partial charge in [-0.25, -0.2) is 14.0 Å². The van der Waals surface area contributed by atoms with E-state index in [-0.39, 0.29) is 5.82 Å². The van der Waals surface area contributed by atoms with Gasteiger partial charge in [0.1, 0.15) is 17.1 Å². The zero-order chi connectivity index (χ0) is 19.1. The van der Waals surface area contributed by atoms with Crippen LogP contribution in [-0.2, 0) is 16.0 Å². The average Bonchev–Trinajstić information content (AvgIpc) is 2.98. The number of H-pyrrole nitrogens is 1. The molecule has 1 aromatic heterocycles. The van der Waals surface area contributed by atoms with Crippen LogP contribution in [0.1, 0.15) is 12.1 Å². The number of carboxylic acids is 2. The van der Waals surface area contributed by atoms with Crippen molar-refractivity contribution >= 4 is 22.8 Å². The van der Waals surface area contributed by atoms with Crippen LogP contribution < -0.4 is 4.74 Å². The number of hydrogen-bond acceptors (Lipinski definition) is 5. The van der Waals surface area contributed by atoms with Gasteiger partial charge in [0, 0.05) is 25.1 Å². The molecule has 1 fully saturated rings. The van der Waals surface area contributed by atoms with Crippen LogP contribution >= 0.6 is 0 Å². The molecule has 0 bridgehead atoms. The Bertz CT molecular complexity index is 798. The number of aromatic nitrogens is 2. The summed E-state index contributed by atoms with van der Waals surface area (Å²) < 4.78 is 18.9. The van der Waals surface area contributed by atoms with E-state index in [1.54, 1.807) is 13.2 Å². The molecule has 0 amide bonds. The Hall–Kier alpha value is -2.94. The lowest BCUT2D eigenvalue weighted by atomic mass is 10.1. The fourth-order valence-corrected chi connectivity index (χ4v) is 2.50. The maximum absolute atomic E-state index is 13.7. The van der Waals surface area contributed by atoms with Crippen molar-refractivity contribution in [3.05, 3.63) is 35.8 Å². The Morgan fingerprint density at radius 2 is 1.96 bits per heavy atom. The van der Waals surface area contributed by atoms with E-state index in [1.165, 1.54) is 12.5 Å². The van der Waals surface area contributed by atoms with Gasteiger partial charge in [0.25, 0.3) is 0 Å². The zero-order valence-corrected chi connectivity index (χ0v) is 14.2. The van der Waals surface area contributed by atoms with E-state index in [4.69, 9.17) is 14.9 Å². The Kier molecular flexibility index (Phi) is 6.67. The van der Waals surface area contributed by atoms with Gasteiger partial charge in [-0.2, -0.15) is 5.10 Å². The average molecular weight is 365 g/mol. The monoisotopic (exact) mass is 365 g/mol. The summed E-state index contributed by atoms with van der Waals surface area (Å²) in [4.78, 5) is 21.5. The lowest BCUT2D eigenvalue weighted by Crippen LogP contribution is -2.38. The van der Waals surface area contributed by atoms with E-state index < -0.39 is 11.9 Å². The molecule has 0 atom stereocenters. The van der Waals surface area contributed by atoms with Gasteiger partial charge in [0.2, 0.25) is 0 Å². The number of rotatable bonds is 6. The van der Waals surface area contributed by atoms with Crippen LogP contribution in [0.5, 0.6) is 5.75 Å². The molecule has 1 aromatic carbocycles. The van der Waals surface area contributed by atoms with Crippen LogP contribution in [0.2, 0.25) is 0 Å². The normalized spacial score (nSPS) is 13.9. The fourth-order valence-electron chi connectivity index (χ4n) is 2.50. The van der Waals surface area contributed by atoms with Crippen LogP contribution in [-0.4, -0.2) is 64.0 Å². The summed E-state index contributed by atoms with van der Waals surface area (Å²) in [7, 11) is 1.60. The Labute approximate surface area is 148 Å². The first kappa shape index (κ1) is 19.4. The molecule has 3 rings (SSSR count). The Balaban J connectivity index is 0.000000260. The van der Waals surface area contributed by atoms with E-state index in [0.717, 1.165) is 37.1 Å². The summed E-state index contributed by atoms with van der Waals surface area (Å²) >= 11 is 0. The first-order valence-corrected chi connectivity index (χ1v) is 7.98. The quantitative estimate of drug-likeness (QED) is 0.667. The number of methoxy groups -OCH3 is 1. The van der Waals surface area contributed by atoms with E-state index in [0.29, 0.717) is 23.4 Å². The highest BCUT2D eigenvalue weighted by Crippen LogP contribution is 2.29. The maximum atomic E-state index is 13.7. The molecule has 2 heterocycles. The molecule has 1 aliphatic rings. The number of likely N-dealkylation sites (tertiary alicyclic amines) is 1. The number of benzene rings is 1. The summed E-state index contributed by atoms with van der Waals surface area (Å²) in [5.74, 6) is -2.12. The third-order valence-corrected chi connectivity index (χ3v) is 3.91. The van der Waals surface area contributed by atoms with Crippen molar-refractivity contribution in [3.63, 3.8) is 0 Å². The molecule has 3 N–H and O–H groups in total. The number of aliphatic carboxylic acids is 2. The van der Waals surface area contributed by atoms with Crippen molar-refractivity contribution in [2.75, 3.05) is 26.7 Å². The lowest BCUT2D eigenvalue weighted by Gasteiger charge is -2.30. The third-order valence-electron chi connectivity index (χ3n) is 3.91. The smallest absolute Gasteiger partial charge is 0.328 e. The highest BCUT2D eigenvalue weighted by atomic mass is 19.1. The molecule has 140 valence electrons. The summed E-state index contributed by atoms with van der Waals surface area (Å²) in [5.41, 5.74) is 1.32. The van der Waals surface area contributed by atoms with E-state index >= 15 is 0 Å². The molecule has 0 unspecified atom stereocenters. The second-order valence-electron chi connectivity index (χ2n) is 5.62. The summed E-state index contributed by atoms with van der Waals surface area (Å²) in [6.45, 7) is 3.29. The number of aromatic amines is 1. The molecule has 8 nitrogen and oxygen atoms in total. The predicted octanol–water partition coefficient (Wildman–Crippen LogP) is 1.67. The molecule has 9 heteroatoms. The lowest BCUT2D eigenvalue weighted by molar-refractivity contribution is -0.134. The molecule has 0 aliphatic carbocycles. The van der Waals surface area contributed by atoms with E-state index in [9.17, 15) is 14.0 Å². The van der Waals surface area contributed by atoms with Crippen molar-refractivity contribution in [1.82, 2.24) is 15.1 Å². The van der Waals surface area contributed by atoms with Crippen LogP contribution in [0.3, 0.4) is 0 Å². The van der Waals surface area contributed by atoms with Crippen molar-refractivity contribution in [2.24, 2.45) is 0 Å². The molecule has 0 radical (unpaired) electrons. The fraction of sp³-hybridized carbons (Fsp3) is 0.353. The molecule has 1 saturated heterocycles. The number of carboxylic acid groups (broad SMARTS) is 2. The van der Waals surface area contributed by atoms with Gasteiger partial charge in [0.15, 0.2) is 0 Å². The minimum atomic E-state index is -1.26. The first-order valence-electron chi connectivity index (χ1n) is 7.98. The topological polar surface area (TPSA) is 116 Å². The van der Waals surface area contributed by atoms with Crippen molar-refractivity contribution in [2.45, 2.75) is 12.8 Å². The number of carbonyl (C=O) groups is 2. The largest absolute Gasteiger partial charge is 0.496 e. The van der Waals surface area contributed by atoms with Gasteiger partial charge in [-0.1, -0.05) is 0 Å². The number of nitrogens with zero attached hydrogens (tertiary/aromatic N) is 2. The first-order chi connectivity index (χ1) is 12.4. The summed E-state index contributed by atoms with van der Waals surface area (Å²) in [6.07, 6.45) is 3.21. The third kappa shape index (κ3) is 5.03. The minimum absolute atomic E-state index is 0.284. The van der Waals surface area contributed by atoms with E-state index in [2.05, 4.69) is 15.1 Å².